The number of aromatic nitrogens is 3. The van der Waals surface area contributed by atoms with Crippen molar-refractivity contribution in [2.45, 2.75) is 6.11 Å². The van der Waals surface area contributed by atoms with Crippen molar-refractivity contribution in [2.75, 3.05) is 24.6 Å². The van der Waals surface area contributed by atoms with Crippen LogP contribution in [0.2, 0.25) is 0 Å². The second-order valence-electron chi connectivity index (χ2n) is 4.51. The maximum absolute atomic E-state index is 13.3. The number of ether oxygens (including phenoxy) is 1. The molecule has 2 aromatic heterocycles. The van der Waals surface area contributed by atoms with Crippen molar-refractivity contribution in [1.82, 2.24) is 15.0 Å². The average Bonchev–Trinajstić information content (AvgIpc) is 2.47. The molecule has 1 fully saturated rings. The van der Waals surface area contributed by atoms with Crippen LogP contribution >= 0.6 is 15.9 Å². The number of hydrogen-bond acceptors (Lipinski definition) is 5. The van der Waals surface area contributed by atoms with Crippen LogP contribution in [0.15, 0.2) is 35.1 Å². The monoisotopic (exact) mass is 356 g/mol. The summed E-state index contributed by atoms with van der Waals surface area (Å²) >= 11 is 3.30. The zero-order valence-corrected chi connectivity index (χ0v) is 12.4. The number of morpholine rings is 1. The molecular formula is C13H11BrF2N4O. The van der Waals surface area contributed by atoms with Gasteiger partial charge < -0.3 is 9.64 Å². The van der Waals surface area contributed by atoms with Gasteiger partial charge in [0, 0.05) is 23.4 Å². The van der Waals surface area contributed by atoms with Crippen molar-refractivity contribution in [2.24, 2.45) is 0 Å². The fourth-order valence-electron chi connectivity index (χ4n) is 2.00. The van der Waals surface area contributed by atoms with E-state index in [-0.39, 0.29) is 6.61 Å². The molecule has 0 amide bonds. The van der Waals surface area contributed by atoms with Crippen LogP contribution in [0, 0.1) is 0 Å². The lowest BCUT2D eigenvalue weighted by Gasteiger charge is -2.32. The number of pyridine rings is 1. The Labute approximate surface area is 128 Å². The largest absolute Gasteiger partial charge is 0.373 e. The molecule has 3 heterocycles. The summed E-state index contributed by atoms with van der Waals surface area (Å²) in [6.45, 7) is -0.195. The Bertz CT molecular complexity index is 638. The molecule has 5 nitrogen and oxygen atoms in total. The lowest BCUT2D eigenvalue weighted by molar-refractivity contribution is -0.240. The second-order valence-corrected chi connectivity index (χ2v) is 5.42. The first-order chi connectivity index (χ1) is 10.0. The summed E-state index contributed by atoms with van der Waals surface area (Å²) in [5.74, 6) is 0.836. The molecule has 1 saturated heterocycles. The van der Waals surface area contributed by atoms with E-state index in [0.29, 0.717) is 23.9 Å². The smallest absolute Gasteiger partial charge is 0.345 e. The van der Waals surface area contributed by atoms with Crippen LogP contribution in [0.5, 0.6) is 0 Å². The Hall–Kier alpha value is -1.67. The van der Waals surface area contributed by atoms with Gasteiger partial charge >= 0.3 is 6.11 Å². The van der Waals surface area contributed by atoms with E-state index < -0.39 is 12.7 Å². The van der Waals surface area contributed by atoms with Crippen LogP contribution in [-0.2, 0) is 4.74 Å². The van der Waals surface area contributed by atoms with Gasteiger partial charge in [-0.15, -0.1) is 0 Å². The molecule has 0 spiro atoms. The molecule has 1 aliphatic heterocycles. The Kier molecular flexibility index (Phi) is 3.81. The summed E-state index contributed by atoms with van der Waals surface area (Å²) in [6, 6.07) is 5.18. The van der Waals surface area contributed by atoms with Gasteiger partial charge in [-0.3, -0.25) is 4.98 Å². The van der Waals surface area contributed by atoms with Crippen LogP contribution in [0.25, 0.3) is 11.5 Å². The normalized spacial score (nSPS) is 17.8. The molecule has 21 heavy (non-hydrogen) atoms. The Balaban J connectivity index is 1.88. The van der Waals surface area contributed by atoms with Crippen LogP contribution < -0.4 is 4.90 Å². The highest BCUT2D eigenvalue weighted by Crippen LogP contribution is 2.25. The zero-order chi connectivity index (χ0) is 14.9. The van der Waals surface area contributed by atoms with Crippen molar-refractivity contribution in [1.29, 1.82) is 0 Å². The van der Waals surface area contributed by atoms with E-state index in [1.807, 2.05) is 6.07 Å². The number of alkyl halides is 2. The van der Waals surface area contributed by atoms with Crippen LogP contribution in [0.3, 0.4) is 0 Å². The number of rotatable bonds is 2. The topological polar surface area (TPSA) is 51.1 Å². The van der Waals surface area contributed by atoms with Gasteiger partial charge in [-0.05, 0) is 34.1 Å². The van der Waals surface area contributed by atoms with E-state index in [1.165, 1.54) is 11.1 Å². The third kappa shape index (κ3) is 3.33. The minimum absolute atomic E-state index is 0.0388. The highest BCUT2D eigenvalue weighted by Gasteiger charge is 2.37. The number of anilines is 1. The number of hydrogen-bond donors (Lipinski definition) is 0. The minimum atomic E-state index is -3.15. The first-order valence-corrected chi connectivity index (χ1v) is 7.04. The van der Waals surface area contributed by atoms with E-state index >= 15 is 0 Å². The predicted octanol–water partition coefficient (Wildman–Crippen LogP) is 2.73. The van der Waals surface area contributed by atoms with E-state index in [1.54, 1.807) is 18.3 Å². The zero-order valence-electron chi connectivity index (χ0n) is 10.8. The van der Waals surface area contributed by atoms with Gasteiger partial charge in [0.15, 0.2) is 5.82 Å². The van der Waals surface area contributed by atoms with Crippen molar-refractivity contribution in [3.63, 3.8) is 0 Å². The molecule has 1 aliphatic rings. The summed E-state index contributed by atoms with van der Waals surface area (Å²) in [7, 11) is 0. The maximum atomic E-state index is 13.3. The molecule has 0 radical (unpaired) electrons. The lowest BCUT2D eigenvalue weighted by Crippen LogP contribution is -2.47. The van der Waals surface area contributed by atoms with Gasteiger partial charge in [-0.25, -0.2) is 9.97 Å². The SMILES string of the molecule is FC1(F)CN(c2ccnc(-c3ccc(Br)cn3)n2)CCO1. The highest BCUT2D eigenvalue weighted by molar-refractivity contribution is 9.10. The quantitative estimate of drug-likeness (QED) is 0.827. The standard InChI is InChI=1S/C13H11BrF2N4O/c14-9-1-2-10(18-7-9)12-17-4-3-11(19-12)20-5-6-21-13(15,16)8-20/h1-4,7H,5-6,8H2. The van der Waals surface area contributed by atoms with Crippen LogP contribution in [0.1, 0.15) is 0 Å². The molecule has 3 rings (SSSR count). The van der Waals surface area contributed by atoms with Crippen LogP contribution in [-0.4, -0.2) is 40.8 Å². The van der Waals surface area contributed by atoms with Crippen molar-refractivity contribution >= 4 is 21.7 Å². The third-order valence-corrected chi connectivity index (χ3v) is 3.44. The van der Waals surface area contributed by atoms with E-state index in [0.717, 1.165) is 4.47 Å². The molecule has 0 bridgehead atoms. The third-order valence-electron chi connectivity index (χ3n) is 2.97. The fraction of sp³-hybridized carbons (Fsp3) is 0.308. The van der Waals surface area contributed by atoms with E-state index in [4.69, 9.17) is 0 Å². The summed E-state index contributed by atoms with van der Waals surface area (Å²) in [4.78, 5) is 14.1. The summed E-state index contributed by atoms with van der Waals surface area (Å²) < 4.78 is 31.8. The van der Waals surface area contributed by atoms with Gasteiger partial charge in [0.05, 0.1) is 6.61 Å². The fourth-order valence-corrected chi connectivity index (χ4v) is 2.24. The number of halogens is 3. The number of nitrogens with zero attached hydrogens (tertiary/aromatic N) is 4. The van der Waals surface area contributed by atoms with Gasteiger partial charge in [0.2, 0.25) is 0 Å². The van der Waals surface area contributed by atoms with Gasteiger partial charge in [0.1, 0.15) is 18.1 Å². The molecular weight excluding hydrogens is 346 g/mol. The molecule has 8 heteroatoms. The first kappa shape index (κ1) is 14.3. The lowest BCUT2D eigenvalue weighted by atomic mass is 10.3. The summed E-state index contributed by atoms with van der Waals surface area (Å²) in [5.41, 5.74) is 0.583. The molecule has 110 valence electrons. The highest BCUT2D eigenvalue weighted by atomic mass is 79.9. The van der Waals surface area contributed by atoms with Crippen molar-refractivity contribution in [3.05, 3.63) is 35.1 Å². The Morgan fingerprint density at radius 2 is 2.10 bits per heavy atom. The molecule has 0 atom stereocenters. The Morgan fingerprint density at radius 3 is 2.81 bits per heavy atom. The van der Waals surface area contributed by atoms with Gasteiger partial charge in [0.25, 0.3) is 0 Å². The predicted molar refractivity (Wildman–Crippen MR) is 76.1 cm³/mol. The molecule has 2 aromatic rings. The van der Waals surface area contributed by atoms with E-state index in [2.05, 4.69) is 35.6 Å². The Morgan fingerprint density at radius 1 is 1.24 bits per heavy atom. The molecule has 0 saturated carbocycles. The maximum Gasteiger partial charge on any atom is 0.373 e. The van der Waals surface area contributed by atoms with Crippen LogP contribution in [0.4, 0.5) is 14.6 Å². The second kappa shape index (κ2) is 5.61. The first-order valence-electron chi connectivity index (χ1n) is 6.25. The molecule has 0 unspecified atom stereocenters. The summed E-state index contributed by atoms with van der Waals surface area (Å²) in [5, 5.41) is 0. The molecule has 0 aromatic carbocycles. The van der Waals surface area contributed by atoms with E-state index in [9.17, 15) is 8.78 Å². The van der Waals surface area contributed by atoms with Gasteiger partial charge in [-0.2, -0.15) is 8.78 Å². The van der Waals surface area contributed by atoms with Gasteiger partial charge in [-0.1, -0.05) is 0 Å². The molecule has 0 N–H and O–H groups in total. The average molecular weight is 357 g/mol. The minimum Gasteiger partial charge on any atom is -0.345 e. The van der Waals surface area contributed by atoms with Crippen molar-refractivity contribution in [3.8, 4) is 11.5 Å². The molecule has 0 aliphatic carbocycles. The van der Waals surface area contributed by atoms with Crippen molar-refractivity contribution < 1.29 is 13.5 Å². The summed E-state index contributed by atoms with van der Waals surface area (Å²) in [6.07, 6.45) is 0.0163.